The maximum atomic E-state index is 10.9. The molecule has 4 nitrogen and oxygen atoms in total. The number of piperidine rings is 1. The maximum absolute atomic E-state index is 10.9. The minimum absolute atomic E-state index is 0.298. The van der Waals surface area contributed by atoms with Crippen molar-refractivity contribution >= 4 is 5.97 Å². The summed E-state index contributed by atoms with van der Waals surface area (Å²) < 4.78 is 0. The third-order valence-electron chi connectivity index (χ3n) is 4.50. The lowest BCUT2D eigenvalue weighted by atomic mass is 9.92. The van der Waals surface area contributed by atoms with Crippen LogP contribution in [0.2, 0.25) is 0 Å². The highest BCUT2D eigenvalue weighted by atomic mass is 16.4. The summed E-state index contributed by atoms with van der Waals surface area (Å²) in [5, 5.41) is 8.94. The van der Waals surface area contributed by atoms with Gasteiger partial charge in [0.05, 0.1) is 11.3 Å². The molecule has 0 saturated carbocycles. The number of aromatic nitrogens is 1. The Morgan fingerprint density at radius 2 is 2.04 bits per heavy atom. The molecular formula is C19H22N2O2. The van der Waals surface area contributed by atoms with Crippen LogP contribution in [0.25, 0.3) is 11.3 Å². The highest BCUT2D eigenvalue weighted by molar-refractivity contribution is 5.88. The molecule has 2 aromatic rings. The zero-order valence-corrected chi connectivity index (χ0v) is 13.4. The standard InChI is InChI=1S/C19H22N2O2/c1-21-10-2-3-15(13-21)11-14-4-9-18(20-12-14)16-5-7-17(8-6-16)19(22)23/h4-9,12,15H,2-3,10-11,13H2,1H3,(H,22,23)/t15-/m0/s1. The van der Waals surface area contributed by atoms with Crippen LogP contribution in [0.5, 0.6) is 0 Å². The van der Waals surface area contributed by atoms with Gasteiger partial charge in [0, 0.05) is 18.3 Å². The molecule has 4 heteroatoms. The molecule has 0 bridgehead atoms. The van der Waals surface area contributed by atoms with Gasteiger partial charge in [-0.15, -0.1) is 0 Å². The number of carbonyl (C=O) groups is 1. The monoisotopic (exact) mass is 310 g/mol. The molecule has 0 unspecified atom stereocenters. The van der Waals surface area contributed by atoms with Crippen molar-refractivity contribution in [2.45, 2.75) is 19.3 Å². The SMILES string of the molecule is CN1CCC[C@@H](Cc2ccc(-c3ccc(C(=O)O)cc3)nc2)C1. The quantitative estimate of drug-likeness (QED) is 0.941. The van der Waals surface area contributed by atoms with Gasteiger partial charge in [0.1, 0.15) is 0 Å². The van der Waals surface area contributed by atoms with Crippen LogP contribution in [-0.2, 0) is 6.42 Å². The normalized spacial score (nSPS) is 18.7. The van der Waals surface area contributed by atoms with Crippen molar-refractivity contribution < 1.29 is 9.90 Å². The van der Waals surface area contributed by atoms with Crippen LogP contribution < -0.4 is 0 Å². The predicted molar refractivity (Wildman–Crippen MR) is 90.6 cm³/mol. The molecule has 1 atom stereocenters. The lowest BCUT2D eigenvalue weighted by Crippen LogP contribution is -2.32. The molecule has 0 aliphatic carbocycles. The van der Waals surface area contributed by atoms with E-state index in [-0.39, 0.29) is 0 Å². The summed E-state index contributed by atoms with van der Waals surface area (Å²) in [7, 11) is 2.19. The number of nitrogens with zero attached hydrogens (tertiary/aromatic N) is 2. The van der Waals surface area contributed by atoms with E-state index in [0.29, 0.717) is 5.56 Å². The summed E-state index contributed by atoms with van der Waals surface area (Å²) in [6, 6.07) is 11.0. The van der Waals surface area contributed by atoms with E-state index in [1.165, 1.54) is 31.5 Å². The number of pyridine rings is 1. The van der Waals surface area contributed by atoms with Crippen LogP contribution >= 0.6 is 0 Å². The van der Waals surface area contributed by atoms with Crippen LogP contribution in [0, 0.1) is 5.92 Å². The predicted octanol–water partition coefficient (Wildman–Crippen LogP) is 3.33. The molecule has 1 aromatic heterocycles. The maximum Gasteiger partial charge on any atom is 0.335 e. The van der Waals surface area contributed by atoms with E-state index < -0.39 is 5.97 Å². The number of carboxylic acid groups (broad SMARTS) is 1. The fourth-order valence-corrected chi connectivity index (χ4v) is 3.27. The van der Waals surface area contributed by atoms with Crippen molar-refractivity contribution in [2.75, 3.05) is 20.1 Å². The number of benzene rings is 1. The van der Waals surface area contributed by atoms with E-state index in [0.717, 1.165) is 23.6 Å². The number of hydrogen-bond acceptors (Lipinski definition) is 3. The van der Waals surface area contributed by atoms with Crippen LogP contribution in [0.1, 0.15) is 28.8 Å². The van der Waals surface area contributed by atoms with Gasteiger partial charge in [0.15, 0.2) is 0 Å². The Labute approximate surface area is 136 Å². The van der Waals surface area contributed by atoms with E-state index in [1.54, 1.807) is 12.1 Å². The fourth-order valence-electron chi connectivity index (χ4n) is 3.27. The van der Waals surface area contributed by atoms with Crippen LogP contribution in [0.15, 0.2) is 42.6 Å². The summed E-state index contributed by atoms with van der Waals surface area (Å²) in [5.74, 6) is -0.187. The Morgan fingerprint density at radius 1 is 1.26 bits per heavy atom. The second kappa shape index (κ2) is 6.92. The average Bonchev–Trinajstić information content (AvgIpc) is 2.56. The number of aromatic carboxylic acids is 1. The van der Waals surface area contributed by atoms with Gasteiger partial charge in [-0.1, -0.05) is 18.2 Å². The minimum atomic E-state index is -0.905. The van der Waals surface area contributed by atoms with Crippen molar-refractivity contribution in [2.24, 2.45) is 5.92 Å². The topological polar surface area (TPSA) is 53.4 Å². The second-order valence-electron chi connectivity index (χ2n) is 6.41. The van der Waals surface area contributed by atoms with E-state index in [1.807, 2.05) is 24.4 Å². The van der Waals surface area contributed by atoms with Crippen molar-refractivity contribution in [1.29, 1.82) is 0 Å². The van der Waals surface area contributed by atoms with Gasteiger partial charge in [-0.05, 0) is 62.5 Å². The number of rotatable bonds is 4. The Bertz CT molecular complexity index is 665. The van der Waals surface area contributed by atoms with Gasteiger partial charge in [-0.3, -0.25) is 4.98 Å². The first-order chi connectivity index (χ1) is 11.1. The molecule has 0 amide bonds. The molecule has 23 heavy (non-hydrogen) atoms. The molecule has 0 spiro atoms. The molecule has 1 fully saturated rings. The van der Waals surface area contributed by atoms with Gasteiger partial charge < -0.3 is 10.0 Å². The molecule has 1 aliphatic heterocycles. The van der Waals surface area contributed by atoms with E-state index in [4.69, 9.17) is 5.11 Å². The first kappa shape index (κ1) is 15.7. The molecule has 0 radical (unpaired) electrons. The Balaban J connectivity index is 1.68. The molecule has 1 N–H and O–H groups in total. The molecule has 3 rings (SSSR count). The number of hydrogen-bond donors (Lipinski definition) is 1. The summed E-state index contributed by atoms with van der Waals surface area (Å²) >= 11 is 0. The third kappa shape index (κ3) is 3.96. The van der Waals surface area contributed by atoms with E-state index >= 15 is 0 Å². The van der Waals surface area contributed by atoms with E-state index in [2.05, 4.69) is 23.0 Å². The van der Waals surface area contributed by atoms with Gasteiger partial charge in [0.25, 0.3) is 0 Å². The van der Waals surface area contributed by atoms with Crippen molar-refractivity contribution in [3.8, 4) is 11.3 Å². The molecular weight excluding hydrogens is 288 g/mol. The van der Waals surface area contributed by atoms with Gasteiger partial charge in [0.2, 0.25) is 0 Å². The Kier molecular flexibility index (Phi) is 4.72. The van der Waals surface area contributed by atoms with Crippen molar-refractivity contribution in [1.82, 2.24) is 9.88 Å². The summed E-state index contributed by atoms with van der Waals surface area (Å²) in [4.78, 5) is 17.8. The lowest BCUT2D eigenvalue weighted by Gasteiger charge is -2.29. The zero-order valence-electron chi connectivity index (χ0n) is 13.4. The molecule has 120 valence electrons. The minimum Gasteiger partial charge on any atom is -0.478 e. The van der Waals surface area contributed by atoms with Gasteiger partial charge >= 0.3 is 5.97 Å². The van der Waals surface area contributed by atoms with Crippen molar-refractivity contribution in [3.05, 3.63) is 53.7 Å². The average molecular weight is 310 g/mol. The molecule has 1 aliphatic rings. The van der Waals surface area contributed by atoms with Gasteiger partial charge in [-0.25, -0.2) is 4.79 Å². The summed E-state index contributed by atoms with van der Waals surface area (Å²) in [6.07, 6.45) is 5.61. The summed E-state index contributed by atoms with van der Waals surface area (Å²) in [6.45, 7) is 2.37. The molecule has 1 saturated heterocycles. The first-order valence-corrected chi connectivity index (χ1v) is 8.09. The van der Waals surface area contributed by atoms with Crippen molar-refractivity contribution in [3.63, 3.8) is 0 Å². The van der Waals surface area contributed by atoms with Crippen LogP contribution in [0.3, 0.4) is 0 Å². The highest BCUT2D eigenvalue weighted by Gasteiger charge is 2.17. The third-order valence-corrected chi connectivity index (χ3v) is 4.50. The van der Waals surface area contributed by atoms with Gasteiger partial charge in [-0.2, -0.15) is 0 Å². The largest absolute Gasteiger partial charge is 0.478 e. The fraction of sp³-hybridized carbons (Fsp3) is 0.368. The Morgan fingerprint density at radius 3 is 2.65 bits per heavy atom. The highest BCUT2D eigenvalue weighted by Crippen LogP contribution is 2.22. The number of likely N-dealkylation sites (tertiary alicyclic amines) is 1. The molecule has 2 heterocycles. The van der Waals surface area contributed by atoms with Crippen LogP contribution in [0.4, 0.5) is 0 Å². The first-order valence-electron chi connectivity index (χ1n) is 8.09. The Hall–Kier alpha value is -2.20. The number of carboxylic acids is 1. The second-order valence-corrected chi connectivity index (χ2v) is 6.41. The lowest BCUT2D eigenvalue weighted by molar-refractivity contribution is 0.0697. The zero-order chi connectivity index (χ0) is 16.2. The van der Waals surface area contributed by atoms with E-state index in [9.17, 15) is 4.79 Å². The smallest absolute Gasteiger partial charge is 0.335 e. The van der Waals surface area contributed by atoms with Crippen LogP contribution in [-0.4, -0.2) is 41.1 Å². The summed E-state index contributed by atoms with van der Waals surface area (Å²) in [5.41, 5.74) is 3.40. The molecule has 1 aromatic carbocycles.